The summed E-state index contributed by atoms with van der Waals surface area (Å²) in [4.78, 5) is 26.7. The van der Waals surface area contributed by atoms with E-state index >= 15 is 0 Å². The van der Waals surface area contributed by atoms with E-state index in [1.807, 2.05) is 30.3 Å². The first-order valence-corrected chi connectivity index (χ1v) is 10.6. The number of carbonyl (C=O) groups is 1. The summed E-state index contributed by atoms with van der Waals surface area (Å²) < 4.78 is 0. The molecule has 0 amide bonds. The average Bonchev–Trinajstić information content (AvgIpc) is 2.65. The Morgan fingerprint density at radius 1 is 0.889 bits per heavy atom. The van der Waals surface area contributed by atoms with Crippen LogP contribution in [0.2, 0.25) is 0 Å². The van der Waals surface area contributed by atoms with Crippen molar-refractivity contribution in [1.29, 1.82) is 0 Å². The zero-order valence-electron chi connectivity index (χ0n) is 16.7. The molecule has 0 fully saturated rings. The molecular weight excluding hydrogens is 342 g/mol. The Morgan fingerprint density at radius 2 is 1.37 bits per heavy atom. The fourth-order valence-electron chi connectivity index (χ4n) is 3.43. The molecule has 5 nitrogen and oxygen atoms in total. The smallest absolute Gasteiger partial charge is 0.268 e. The van der Waals surface area contributed by atoms with Crippen LogP contribution < -0.4 is 0 Å². The highest BCUT2D eigenvalue weighted by molar-refractivity contribution is 5.77. The first-order chi connectivity index (χ1) is 13.1. The van der Waals surface area contributed by atoms with Gasteiger partial charge in [-0.25, -0.2) is 4.84 Å². The lowest BCUT2D eigenvalue weighted by molar-refractivity contribution is -0.730. The summed E-state index contributed by atoms with van der Waals surface area (Å²) >= 11 is 0. The van der Waals surface area contributed by atoms with Crippen molar-refractivity contribution in [2.75, 3.05) is 0 Å². The van der Waals surface area contributed by atoms with Gasteiger partial charge in [-0.1, -0.05) is 114 Å². The summed E-state index contributed by atoms with van der Waals surface area (Å²) in [6.45, 7) is 2.24. The first-order valence-electron chi connectivity index (χ1n) is 10.6. The zero-order chi connectivity index (χ0) is 19.7. The van der Waals surface area contributed by atoms with Crippen LogP contribution in [0.5, 0.6) is 0 Å². The Hall–Kier alpha value is -1.91. The third-order valence-electron chi connectivity index (χ3n) is 5.00. The van der Waals surface area contributed by atoms with Crippen LogP contribution >= 0.6 is 0 Å². The predicted molar refractivity (Wildman–Crippen MR) is 108 cm³/mol. The van der Waals surface area contributed by atoms with Crippen LogP contribution in [0.15, 0.2) is 30.3 Å². The molecule has 1 aromatic carbocycles. The van der Waals surface area contributed by atoms with Crippen molar-refractivity contribution in [1.82, 2.24) is 0 Å². The van der Waals surface area contributed by atoms with Gasteiger partial charge in [-0.05, 0) is 12.0 Å². The van der Waals surface area contributed by atoms with Gasteiger partial charge in [-0.15, -0.1) is 10.1 Å². The minimum absolute atomic E-state index is 0.556. The molecule has 1 aromatic rings. The van der Waals surface area contributed by atoms with Crippen molar-refractivity contribution >= 4 is 5.97 Å². The van der Waals surface area contributed by atoms with E-state index in [0.29, 0.717) is 6.42 Å². The summed E-state index contributed by atoms with van der Waals surface area (Å²) in [6, 6.07) is 9.19. The van der Waals surface area contributed by atoms with Crippen molar-refractivity contribution in [2.45, 2.75) is 96.3 Å². The van der Waals surface area contributed by atoms with Crippen molar-refractivity contribution in [3.63, 3.8) is 0 Å². The molecule has 0 radical (unpaired) electrons. The highest BCUT2D eigenvalue weighted by atomic mass is 17.0. The lowest BCUT2D eigenvalue weighted by Gasteiger charge is -2.14. The van der Waals surface area contributed by atoms with E-state index in [1.165, 1.54) is 57.8 Å². The molecule has 0 aromatic heterocycles. The molecule has 5 heteroatoms. The first kappa shape index (κ1) is 23.1. The quantitative estimate of drug-likeness (QED) is 0.185. The number of nitrogens with zero attached hydrogens (tertiary/aromatic N) is 1. The highest BCUT2D eigenvalue weighted by Gasteiger charge is 2.23. The lowest BCUT2D eigenvalue weighted by atomic mass is 9.93. The van der Waals surface area contributed by atoms with E-state index in [9.17, 15) is 14.9 Å². The van der Waals surface area contributed by atoms with Gasteiger partial charge < -0.3 is 0 Å². The van der Waals surface area contributed by atoms with E-state index in [-0.39, 0.29) is 0 Å². The Kier molecular flexibility index (Phi) is 13.0. The van der Waals surface area contributed by atoms with Crippen LogP contribution in [0.1, 0.15) is 102 Å². The summed E-state index contributed by atoms with van der Waals surface area (Å²) in [5.74, 6) is -1.33. The van der Waals surface area contributed by atoms with E-state index in [1.54, 1.807) is 0 Å². The van der Waals surface area contributed by atoms with Gasteiger partial charge >= 0.3 is 11.1 Å². The maximum absolute atomic E-state index is 12.0. The van der Waals surface area contributed by atoms with Crippen molar-refractivity contribution < 1.29 is 14.7 Å². The molecule has 0 spiro atoms. The van der Waals surface area contributed by atoms with Crippen LogP contribution in [0.25, 0.3) is 0 Å². The van der Waals surface area contributed by atoms with Crippen LogP contribution in [0, 0.1) is 10.1 Å². The van der Waals surface area contributed by atoms with E-state index < -0.39 is 17.0 Å². The normalized spacial score (nSPS) is 11.9. The molecule has 0 bridgehead atoms. The van der Waals surface area contributed by atoms with Gasteiger partial charge in [0.1, 0.15) is 0 Å². The second-order valence-electron chi connectivity index (χ2n) is 7.27. The maximum Gasteiger partial charge on any atom is 0.311 e. The largest absolute Gasteiger partial charge is 0.311 e. The molecule has 0 aliphatic heterocycles. The number of rotatable bonds is 16. The number of hydrogen-bond acceptors (Lipinski definition) is 4. The SMILES string of the molecule is CCCCCCCCCCCCCCC(C(=O)O[N+](=O)[O-])c1ccccc1. The van der Waals surface area contributed by atoms with Gasteiger partial charge in [0.15, 0.2) is 0 Å². The zero-order valence-corrected chi connectivity index (χ0v) is 16.7. The summed E-state index contributed by atoms with van der Waals surface area (Å²) in [7, 11) is 0. The summed E-state index contributed by atoms with van der Waals surface area (Å²) in [6.07, 6.45) is 15.6. The van der Waals surface area contributed by atoms with Crippen LogP contribution in [-0.4, -0.2) is 11.1 Å². The molecule has 1 rings (SSSR count). The number of carbonyl (C=O) groups excluding carboxylic acids is 1. The molecule has 0 saturated carbocycles. The van der Waals surface area contributed by atoms with Gasteiger partial charge in [0.25, 0.3) is 0 Å². The van der Waals surface area contributed by atoms with E-state index in [4.69, 9.17) is 0 Å². The molecule has 27 heavy (non-hydrogen) atoms. The maximum atomic E-state index is 12.0. The summed E-state index contributed by atoms with van der Waals surface area (Å²) in [5, 5.41) is 9.47. The van der Waals surface area contributed by atoms with E-state index in [0.717, 1.165) is 24.8 Å². The molecule has 1 atom stereocenters. The molecule has 1 unspecified atom stereocenters. The molecule has 0 aliphatic carbocycles. The van der Waals surface area contributed by atoms with Crippen LogP contribution in [0.3, 0.4) is 0 Å². The number of benzene rings is 1. The second-order valence-corrected chi connectivity index (χ2v) is 7.27. The van der Waals surface area contributed by atoms with Gasteiger partial charge in [-0.3, -0.25) is 4.79 Å². The van der Waals surface area contributed by atoms with Gasteiger partial charge in [-0.2, -0.15) is 0 Å². The monoisotopic (exact) mass is 377 g/mol. The fraction of sp³-hybridized carbons (Fsp3) is 0.682. The Balaban J connectivity index is 2.17. The summed E-state index contributed by atoms with van der Waals surface area (Å²) in [5.41, 5.74) is 0.785. The van der Waals surface area contributed by atoms with E-state index in [2.05, 4.69) is 11.8 Å². The second kappa shape index (κ2) is 15.2. The van der Waals surface area contributed by atoms with Crippen molar-refractivity contribution in [3.05, 3.63) is 46.0 Å². The van der Waals surface area contributed by atoms with Gasteiger partial charge in [0, 0.05) is 0 Å². The van der Waals surface area contributed by atoms with Crippen molar-refractivity contribution in [3.8, 4) is 0 Å². The standard InChI is InChI=1S/C22H35NO4/c1-2-3-4-5-6-7-8-9-10-11-12-16-19-21(22(24)27-23(25)26)20-17-14-13-15-18-20/h13-15,17-18,21H,2-12,16,19H2,1H3. The van der Waals surface area contributed by atoms with Gasteiger partial charge in [0.05, 0.1) is 5.92 Å². The minimum Gasteiger partial charge on any atom is -0.268 e. The van der Waals surface area contributed by atoms with Crippen molar-refractivity contribution in [2.24, 2.45) is 0 Å². The number of hydrogen-bond donors (Lipinski definition) is 0. The van der Waals surface area contributed by atoms with Crippen LogP contribution in [0.4, 0.5) is 0 Å². The average molecular weight is 378 g/mol. The highest BCUT2D eigenvalue weighted by Crippen LogP contribution is 2.24. The Morgan fingerprint density at radius 3 is 1.85 bits per heavy atom. The third kappa shape index (κ3) is 11.4. The molecule has 0 saturated heterocycles. The Labute approximate surface area is 163 Å². The van der Waals surface area contributed by atoms with Gasteiger partial charge in [0.2, 0.25) is 0 Å². The number of unbranched alkanes of at least 4 members (excludes halogenated alkanes) is 11. The third-order valence-corrected chi connectivity index (χ3v) is 5.00. The topological polar surface area (TPSA) is 69.4 Å². The molecular formula is C22H35NO4. The molecule has 152 valence electrons. The predicted octanol–water partition coefficient (Wildman–Crippen LogP) is 6.60. The molecule has 0 N–H and O–H groups in total. The Bertz CT molecular complexity index is 518. The molecule has 0 aliphatic rings. The molecule has 0 heterocycles. The minimum atomic E-state index is -1.01. The van der Waals surface area contributed by atoms with Crippen LogP contribution in [-0.2, 0) is 9.63 Å². The fourth-order valence-corrected chi connectivity index (χ4v) is 3.43. The lowest BCUT2D eigenvalue weighted by Crippen LogP contribution is -2.19.